The van der Waals surface area contributed by atoms with E-state index in [1.54, 1.807) is 12.1 Å². The predicted octanol–water partition coefficient (Wildman–Crippen LogP) is 3.23. The number of halogens is 3. The number of fused-ring (bicyclic) bond motifs is 1. The van der Waals surface area contributed by atoms with Gasteiger partial charge in [0.15, 0.2) is 0 Å². The zero-order valence-electron chi connectivity index (χ0n) is 14.7. The highest BCUT2D eigenvalue weighted by Crippen LogP contribution is 2.28. The van der Waals surface area contributed by atoms with Gasteiger partial charge in [0.1, 0.15) is 5.82 Å². The maximum atomic E-state index is 13.2. The fourth-order valence-electron chi connectivity index (χ4n) is 3.08. The number of aromatic nitrogens is 2. The quantitative estimate of drug-likeness (QED) is 0.850. The summed E-state index contributed by atoms with van der Waals surface area (Å²) in [4.78, 5) is 16.8. The van der Waals surface area contributed by atoms with Gasteiger partial charge < -0.3 is 9.88 Å². The molecule has 8 heteroatoms. The van der Waals surface area contributed by atoms with Gasteiger partial charge in [0.2, 0.25) is 5.91 Å². The summed E-state index contributed by atoms with van der Waals surface area (Å²) in [6.45, 7) is 5.80. The molecule has 2 N–H and O–H groups in total. The molecule has 2 heterocycles. The number of carbonyl (C=O) groups is 1. The van der Waals surface area contributed by atoms with Crippen molar-refractivity contribution in [1.82, 2.24) is 14.9 Å². The lowest BCUT2D eigenvalue weighted by atomic mass is 9.96. The number of nitrogens with zero attached hydrogens (tertiary/aromatic N) is 2. The number of alkyl halides is 2. The van der Waals surface area contributed by atoms with Crippen LogP contribution in [0.3, 0.4) is 0 Å². The molecule has 1 aromatic carbocycles. The van der Waals surface area contributed by atoms with E-state index in [0.29, 0.717) is 5.69 Å². The number of benzene rings is 1. The minimum Gasteiger partial charge on any atom is -0.331 e. The van der Waals surface area contributed by atoms with Crippen molar-refractivity contribution in [3.8, 4) is 0 Å². The smallest absolute Gasteiger partial charge is 0.262 e. The van der Waals surface area contributed by atoms with Crippen LogP contribution in [0.2, 0.25) is 0 Å². The van der Waals surface area contributed by atoms with Gasteiger partial charge in [0.05, 0.1) is 23.6 Å². The fraction of sp³-hybridized carbons (Fsp3) is 0.529. The van der Waals surface area contributed by atoms with Crippen molar-refractivity contribution < 1.29 is 13.6 Å². The molecule has 1 aliphatic rings. The maximum absolute atomic E-state index is 13.2. The van der Waals surface area contributed by atoms with Crippen LogP contribution in [-0.2, 0) is 17.3 Å². The molecule has 1 amide bonds. The zero-order chi connectivity index (χ0) is 17.7. The molecule has 0 saturated carbocycles. The summed E-state index contributed by atoms with van der Waals surface area (Å²) in [6.07, 6.45) is -0.473. The third kappa shape index (κ3) is 3.93. The Morgan fingerprint density at radius 1 is 1.40 bits per heavy atom. The number of hydrogen-bond donors (Lipinski definition) is 2. The molecule has 0 aliphatic carbocycles. The summed E-state index contributed by atoms with van der Waals surface area (Å²) in [7, 11) is 1.96. The van der Waals surface area contributed by atoms with Crippen molar-refractivity contribution in [2.75, 3.05) is 11.9 Å². The molecule has 1 saturated heterocycles. The molecule has 5 nitrogen and oxygen atoms in total. The molecule has 1 aliphatic heterocycles. The van der Waals surface area contributed by atoms with Gasteiger partial charge >= 0.3 is 0 Å². The lowest BCUT2D eigenvalue weighted by Gasteiger charge is -2.17. The minimum absolute atomic E-state index is 0. The second kappa shape index (κ2) is 6.53. The van der Waals surface area contributed by atoms with E-state index in [2.05, 4.69) is 36.4 Å². The van der Waals surface area contributed by atoms with Gasteiger partial charge in [-0.25, -0.2) is 13.8 Å². The predicted molar refractivity (Wildman–Crippen MR) is 96.6 cm³/mol. The molecule has 0 radical (unpaired) electrons. The number of carbonyl (C=O) groups excluding carboxylic acids is 1. The Morgan fingerprint density at radius 3 is 2.64 bits per heavy atom. The molecule has 2 aromatic rings. The van der Waals surface area contributed by atoms with Gasteiger partial charge in [0, 0.05) is 24.6 Å². The Bertz CT molecular complexity index is 798. The van der Waals surface area contributed by atoms with Crippen LogP contribution in [0.4, 0.5) is 14.5 Å². The monoisotopic (exact) mass is 372 g/mol. The number of imidazole rings is 1. The molecule has 1 atom stereocenters. The number of hydrogen-bond acceptors (Lipinski definition) is 3. The standard InChI is InChI=1S/C17H22F2N4O.ClH/c1-16(2,3)15-22-11-7-10(5-6-13(11)23(15)4)21-14(24)12-8-17(18,19)9-20-12;/h5-7,12,20H,8-9H2,1-4H3,(H,21,24);1H. The summed E-state index contributed by atoms with van der Waals surface area (Å²) >= 11 is 0. The van der Waals surface area contributed by atoms with Crippen LogP contribution in [0.25, 0.3) is 11.0 Å². The largest absolute Gasteiger partial charge is 0.331 e. The number of anilines is 1. The molecule has 3 rings (SSSR count). The molecular formula is C17H23ClF2N4O. The summed E-state index contributed by atoms with van der Waals surface area (Å²) < 4.78 is 28.4. The van der Waals surface area contributed by atoms with E-state index in [1.165, 1.54) is 0 Å². The summed E-state index contributed by atoms with van der Waals surface area (Å²) in [5.41, 5.74) is 2.19. The highest BCUT2D eigenvalue weighted by Gasteiger charge is 2.42. The van der Waals surface area contributed by atoms with Crippen LogP contribution < -0.4 is 10.6 Å². The Balaban J connectivity index is 0.00000225. The minimum atomic E-state index is -2.82. The van der Waals surface area contributed by atoms with E-state index in [1.807, 2.05) is 17.7 Å². The van der Waals surface area contributed by atoms with Crippen LogP contribution in [0.5, 0.6) is 0 Å². The Hall–Kier alpha value is -1.73. The van der Waals surface area contributed by atoms with Crippen LogP contribution in [-0.4, -0.2) is 34.0 Å². The maximum Gasteiger partial charge on any atom is 0.262 e. The first-order valence-corrected chi connectivity index (χ1v) is 7.96. The summed E-state index contributed by atoms with van der Waals surface area (Å²) in [5, 5.41) is 5.25. The topological polar surface area (TPSA) is 59.0 Å². The Morgan fingerprint density at radius 2 is 2.08 bits per heavy atom. The van der Waals surface area contributed by atoms with E-state index in [-0.39, 0.29) is 17.8 Å². The summed E-state index contributed by atoms with van der Waals surface area (Å²) in [6, 6.07) is 4.55. The van der Waals surface area contributed by atoms with Crippen molar-refractivity contribution in [1.29, 1.82) is 0 Å². The van der Waals surface area contributed by atoms with Crippen molar-refractivity contribution in [2.24, 2.45) is 7.05 Å². The van der Waals surface area contributed by atoms with Crippen LogP contribution in [0.1, 0.15) is 33.0 Å². The lowest BCUT2D eigenvalue weighted by Crippen LogP contribution is -2.35. The second-order valence-corrected chi connectivity index (χ2v) is 7.43. The number of amides is 1. The highest BCUT2D eigenvalue weighted by atomic mass is 35.5. The average Bonchev–Trinajstić information content (AvgIpc) is 2.99. The Kier molecular flexibility index (Phi) is 5.12. The van der Waals surface area contributed by atoms with E-state index in [4.69, 9.17) is 0 Å². The molecule has 0 bridgehead atoms. The Labute approximate surface area is 151 Å². The highest BCUT2D eigenvalue weighted by molar-refractivity contribution is 5.96. The van der Waals surface area contributed by atoms with Crippen molar-refractivity contribution in [2.45, 2.75) is 44.6 Å². The van der Waals surface area contributed by atoms with Crippen LogP contribution >= 0.6 is 12.4 Å². The first kappa shape index (κ1) is 19.6. The molecular weight excluding hydrogens is 350 g/mol. The van der Waals surface area contributed by atoms with E-state index >= 15 is 0 Å². The van der Waals surface area contributed by atoms with Crippen LogP contribution in [0.15, 0.2) is 18.2 Å². The first-order valence-electron chi connectivity index (χ1n) is 7.96. The number of nitrogens with one attached hydrogen (secondary N) is 2. The van der Waals surface area contributed by atoms with Gasteiger partial charge in [-0.1, -0.05) is 20.8 Å². The van der Waals surface area contributed by atoms with Gasteiger partial charge in [-0.05, 0) is 18.2 Å². The average molecular weight is 373 g/mol. The molecule has 1 unspecified atom stereocenters. The van der Waals surface area contributed by atoms with E-state index in [0.717, 1.165) is 16.9 Å². The molecule has 138 valence electrons. The SMILES string of the molecule is Cl.Cn1c(C(C)(C)C)nc2cc(NC(=O)C3CC(F)(F)CN3)ccc21. The fourth-order valence-corrected chi connectivity index (χ4v) is 3.08. The second-order valence-electron chi connectivity index (χ2n) is 7.43. The van der Waals surface area contributed by atoms with Gasteiger partial charge in [-0.2, -0.15) is 0 Å². The normalized spacial score (nSPS) is 19.7. The van der Waals surface area contributed by atoms with Crippen molar-refractivity contribution in [3.63, 3.8) is 0 Å². The molecule has 25 heavy (non-hydrogen) atoms. The van der Waals surface area contributed by atoms with E-state index in [9.17, 15) is 13.6 Å². The molecule has 1 aromatic heterocycles. The van der Waals surface area contributed by atoms with Crippen molar-refractivity contribution in [3.05, 3.63) is 24.0 Å². The van der Waals surface area contributed by atoms with Crippen LogP contribution in [0, 0.1) is 0 Å². The summed E-state index contributed by atoms with van der Waals surface area (Å²) in [5.74, 6) is -2.33. The zero-order valence-corrected chi connectivity index (χ0v) is 15.5. The number of rotatable bonds is 2. The third-order valence-corrected chi connectivity index (χ3v) is 4.25. The molecule has 0 spiro atoms. The third-order valence-electron chi connectivity index (χ3n) is 4.25. The van der Waals surface area contributed by atoms with Crippen molar-refractivity contribution >= 4 is 35.0 Å². The van der Waals surface area contributed by atoms with Gasteiger partial charge in [-0.15, -0.1) is 12.4 Å². The lowest BCUT2D eigenvalue weighted by molar-refractivity contribution is -0.118. The molecule has 1 fully saturated rings. The first-order chi connectivity index (χ1) is 11.1. The van der Waals surface area contributed by atoms with Gasteiger partial charge in [0.25, 0.3) is 5.92 Å². The van der Waals surface area contributed by atoms with E-state index < -0.39 is 30.8 Å². The van der Waals surface area contributed by atoms with Gasteiger partial charge in [-0.3, -0.25) is 10.1 Å². The number of aryl methyl sites for hydroxylation is 1.